The number of nitrogens with one attached hydrogen (secondary N) is 1. The van der Waals surface area contributed by atoms with Crippen LogP contribution in [0.25, 0.3) is 0 Å². The molecule has 2 aliphatic rings. The molecule has 1 saturated carbocycles. The second kappa shape index (κ2) is 5.99. The molecule has 1 amide bonds. The quantitative estimate of drug-likeness (QED) is 0.775. The number of likely N-dealkylation sites (tertiary alicyclic amines) is 1. The van der Waals surface area contributed by atoms with Crippen molar-refractivity contribution in [2.75, 3.05) is 19.3 Å². The molecule has 0 radical (unpaired) electrons. The van der Waals surface area contributed by atoms with Crippen LogP contribution in [0.2, 0.25) is 0 Å². The maximum Gasteiger partial charge on any atom is 0.224 e. The molecule has 1 saturated heterocycles. The van der Waals surface area contributed by atoms with Gasteiger partial charge >= 0.3 is 0 Å². The first-order valence-corrected chi connectivity index (χ1v) is 9.21. The molecule has 20 heavy (non-hydrogen) atoms. The maximum atomic E-state index is 12.3. The third kappa shape index (κ3) is 4.43. The average molecular weight is 303 g/mol. The van der Waals surface area contributed by atoms with Crippen molar-refractivity contribution in [1.82, 2.24) is 9.62 Å². The van der Waals surface area contributed by atoms with Gasteiger partial charge in [0, 0.05) is 31.1 Å². The minimum absolute atomic E-state index is 0.0643. The SMILES string of the molecule is CS(=O)(=O)NC1CCCN(C(=O)CC2(N)CCCC2)C1. The van der Waals surface area contributed by atoms with Gasteiger partial charge in [-0.05, 0) is 25.7 Å². The van der Waals surface area contributed by atoms with Crippen LogP contribution in [-0.4, -0.2) is 50.2 Å². The molecule has 1 aliphatic heterocycles. The number of rotatable bonds is 4. The van der Waals surface area contributed by atoms with Crippen molar-refractivity contribution in [2.45, 2.75) is 56.5 Å². The predicted molar refractivity (Wildman–Crippen MR) is 77.6 cm³/mol. The van der Waals surface area contributed by atoms with E-state index in [9.17, 15) is 13.2 Å². The molecule has 1 atom stereocenters. The predicted octanol–water partition coefficient (Wildman–Crippen LogP) is 0.188. The van der Waals surface area contributed by atoms with E-state index in [0.29, 0.717) is 19.5 Å². The number of piperidine rings is 1. The van der Waals surface area contributed by atoms with Crippen LogP contribution in [0.3, 0.4) is 0 Å². The van der Waals surface area contributed by atoms with Crippen molar-refractivity contribution in [3.63, 3.8) is 0 Å². The summed E-state index contributed by atoms with van der Waals surface area (Å²) >= 11 is 0. The fraction of sp³-hybridized carbons (Fsp3) is 0.923. The van der Waals surface area contributed by atoms with Crippen molar-refractivity contribution in [2.24, 2.45) is 5.73 Å². The van der Waals surface area contributed by atoms with Gasteiger partial charge in [0.25, 0.3) is 0 Å². The van der Waals surface area contributed by atoms with Gasteiger partial charge in [0.1, 0.15) is 0 Å². The normalized spacial score (nSPS) is 26.7. The lowest BCUT2D eigenvalue weighted by Gasteiger charge is -2.35. The van der Waals surface area contributed by atoms with Gasteiger partial charge in [0.05, 0.1) is 6.26 Å². The average Bonchev–Trinajstić information content (AvgIpc) is 2.74. The highest BCUT2D eigenvalue weighted by atomic mass is 32.2. The Kier molecular flexibility index (Phi) is 4.71. The summed E-state index contributed by atoms with van der Waals surface area (Å²) in [6, 6.07) is -0.167. The smallest absolute Gasteiger partial charge is 0.224 e. The number of amides is 1. The first-order chi connectivity index (χ1) is 9.27. The molecule has 1 aliphatic carbocycles. The Hall–Kier alpha value is -0.660. The minimum atomic E-state index is -3.22. The molecule has 0 bridgehead atoms. The summed E-state index contributed by atoms with van der Waals surface area (Å²) in [5.41, 5.74) is 5.91. The summed E-state index contributed by atoms with van der Waals surface area (Å²) in [6.07, 6.45) is 7.18. The van der Waals surface area contributed by atoms with Gasteiger partial charge in [-0.3, -0.25) is 4.79 Å². The Morgan fingerprint density at radius 1 is 1.35 bits per heavy atom. The van der Waals surface area contributed by atoms with Crippen molar-refractivity contribution >= 4 is 15.9 Å². The van der Waals surface area contributed by atoms with Crippen molar-refractivity contribution in [3.8, 4) is 0 Å². The number of nitrogens with two attached hydrogens (primary N) is 1. The second-order valence-electron chi connectivity index (χ2n) is 6.32. The molecule has 116 valence electrons. The summed E-state index contributed by atoms with van der Waals surface area (Å²) in [5.74, 6) is 0.0643. The zero-order valence-electron chi connectivity index (χ0n) is 12.1. The van der Waals surface area contributed by atoms with E-state index in [-0.39, 0.29) is 17.5 Å². The van der Waals surface area contributed by atoms with Crippen molar-refractivity contribution < 1.29 is 13.2 Å². The molecule has 3 N–H and O–H groups in total. The number of carbonyl (C=O) groups is 1. The summed E-state index contributed by atoms with van der Waals surface area (Å²) in [5, 5.41) is 0. The number of nitrogens with zero attached hydrogens (tertiary/aromatic N) is 1. The van der Waals surface area contributed by atoms with Crippen LogP contribution in [0, 0.1) is 0 Å². The molecule has 6 nitrogen and oxygen atoms in total. The second-order valence-corrected chi connectivity index (χ2v) is 8.10. The van der Waals surface area contributed by atoms with Crippen LogP contribution >= 0.6 is 0 Å². The Balaban J connectivity index is 1.89. The largest absolute Gasteiger partial charge is 0.341 e. The lowest BCUT2D eigenvalue weighted by atomic mass is 9.93. The fourth-order valence-electron chi connectivity index (χ4n) is 3.27. The number of hydrogen-bond donors (Lipinski definition) is 2. The molecule has 0 aromatic rings. The first kappa shape index (κ1) is 15.7. The fourth-order valence-corrected chi connectivity index (χ4v) is 4.07. The van der Waals surface area contributed by atoms with Crippen LogP contribution in [0.15, 0.2) is 0 Å². The standard InChI is InChI=1S/C13H25N3O3S/c1-20(18,19)15-11-5-4-8-16(10-11)12(17)9-13(14)6-2-3-7-13/h11,15H,2-10,14H2,1H3. The van der Waals surface area contributed by atoms with Gasteiger partial charge in [-0.1, -0.05) is 12.8 Å². The van der Waals surface area contributed by atoms with Gasteiger partial charge in [0.2, 0.25) is 15.9 Å². The lowest BCUT2D eigenvalue weighted by Crippen LogP contribution is -2.51. The summed E-state index contributed by atoms with van der Waals surface area (Å²) < 4.78 is 25.1. The minimum Gasteiger partial charge on any atom is -0.341 e. The molecule has 0 aromatic heterocycles. The van der Waals surface area contributed by atoms with E-state index in [1.54, 1.807) is 4.90 Å². The van der Waals surface area contributed by atoms with Crippen LogP contribution in [-0.2, 0) is 14.8 Å². The van der Waals surface area contributed by atoms with Crippen LogP contribution in [0.1, 0.15) is 44.9 Å². The number of carbonyl (C=O) groups excluding carboxylic acids is 1. The van der Waals surface area contributed by atoms with Gasteiger partial charge in [-0.15, -0.1) is 0 Å². The van der Waals surface area contributed by atoms with Crippen LogP contribution < -0.4 is 10.5 Å². The lowest BCUT2D eigenvalue weighted by molar-refractivity contribution is -0.133. The summed E-state index contributed by atoms with van der Waals surface area (Å²) in [4.78, 5) is 14.1. The highest BCUT2D eigenvalue weighted by Gasteiger charge is 2.34. The molecule has 7 heteroatoms. The van der Waals surface area contributed by atoms with Crippen molar-refractivity contribution in [1.29, 1.82) is 0 Å². The number of sulfonamides is 1. The zero-order chi connectivity index (χ0) is 14.8. The Morgan fingerprint density at radius 2 is 2.00 bits per heavy atom. The van der Waals surface area contributed by atoms with Crippen LogP contribution in [0.5, 0.6) is 0 Å². The third-order valence-corrected chi connectivity index (χ3v) is 5.02. The monoisotopic (exact) mass is 303 g/mol. The van der Waals surface area contributed by atoms with Gasteiger partial charge in [-0.2, -0.15) is 0 Å². The van der Waals surface area contributed by atoms with Crippen molar-refractivity contribution in [3.05, 3.63) is 0 Å². The molecular formula is C13H25N3O3S. The van der Waals surface area contributed by atoms with E-state index in [0.717, 1.165) is 44.8 Å². The number of hydrogen-bond acceptors (Lipinski definition) is 4. The van der Waals surface area contributed by atoms with Gasteiger partial charge in [-0.25, -0.2) is 13.1 Å². The van der Waals surface area contributed by atoms with Crippen LogP contribution in [0.4, 0.5) is 0 Å². The Morgan fingerprint density at radius 3 is 2.60 bits per heavy atom. The molecule has 0 spiro atoms. The Labute approximate surface area is 121 Å². The molecule has 0 aromatic carbocycles. The summed E-state index contributed by atoms with van der Waals surface area (Å²) in [6.45, 7) is 1.17. The molecule has 1 unspecified atom stereocenters. The van der Waals surface area contributed by atoms with Gasteiger partial charge < -0.3 is 10.6 Å². The third-order valence-electron chi connectivity index (χ3n) is 4.26. The van der Waals surface area contributed by atoms with Gasteiger partial charge in [0.15, 0.2) is 0 Å². The molecule has 2 fully saturated rings. The molecular weight excluding hydrogens is 278 g/mol. The maximum absolute atomic E-state index is 12.3. The Bertz CT molecular complexity index is 457. The molecule has 1 heterocycles. The van der Waals surface area contributed by atoms with E-state index in [4.69, 9.17) is 5.73 Å². The highest BCUT2D eigenvalue weighted by molar-refractivity contribution is 7.88. The van der Waals surface area contributed by atoms with E-state index in [1.165, 1.54) is 0 Å². The van der Waals surface area contributed by atoms with E-state index in [1.807, 2.05) is 0 Å². The van der Waals surface area contributed by atoms with E-state index < -0.39 is 10.0 Å². The first-order valence-electron chi connectivity index (χ1n) is 7.31. The van der Waals surface area contributed by atoms with E-state index >= 15 is 0 Å². The zero-order valence-corrected chi connectivity index (χ0v) is 12.9. The van der Waals surface area contributed by atoms with E-state index in [2.05, 4.69) is 4.72 Å². The highest BCUT2D eigenvalue weighted by Crippen LogP contribution is 2.30. The summed E-state index contributed by atoms with van der Waals surface area (Å²) in [7, 11) is -3.22. The molecule has 2 rings (SSSR count). The topological polar surface area (TPSA) is 92.5 Å².